The Labute approximate surface area is 331 Å². The monoisotopic (exact) mass is 751 g/mol. The third-order valence-corrected chi connectivity index (χ3v) is 8.65. The zero-order valence-corrected chi connectivity index (χ0v) is 34.7. The van der Waals surface area contributed by atoms with Crippen LogP contribution in [-0.4, -0.2) is 37.2 Å². The lowest BCUT2D eigenvalue weighted by atomic mass is 10.1. The first kappa shape index (κ1) is 50.6. The molecule has 0 fully saturated rings. The molecule has 0 aromatic carbocycles. The van der Waals surface area contributed by atoms with E-state index in [0.29, 0.717) is 6.42 Å². The molecule has 0 aliphatic carbocycles. The van der Waals surface area contributed by atoms with Crippen LogP contribution in [0.15, 0.2) is 85.1 Å². The summed E-state index contributed by atoms with van der Waals surface area (Å²) >= 11 is 0. The fourth-order valence-corrected chi connectivity index (χ4v) is 5.45. The second-order valence-corrected chi connectivity index (χ2v) is 13.8. The Morgan fingerprint density at radius 2 is 0.796 bits per heavy atom. The van der Waals surface area contributed by atoms with Gasteiger partial charge in [0, 0.05) is 12.8 Å². The van der Waals surface area contributed by atoms with Crippen LogP contribution in [0.4, 0.5) is 0 Å². The van der Waals surface area contributed by atoms with E-state index >= 15 is 0 Å². The Morgan fingerprint density at radius 3 is 1.33 bits per heavy atom. The molecule has 0 aliphatic heterocycles. The smallest absolute Gasteiger partial charge is 0.309 e. The lowest BCUT2D eigenvalue weighted by Crippen LogP contribution is -2.30. The van der Waals surface area contributed by atoms with Gasteiger partial charge in [0.1, 0.15) is 13.2 Å². The van der Waals surface area contributed by atoms with E-state index in [9.17, 15) is 14.4 Å². The maximum atomic E-state index is 12.7. The average molecular weight is 751 g/mol. The summed E-state index contributed by atoms with van der Waals surface area (Å²) in [6.45, 7) is 6.23. The molecule has 0 N–H and O–H groups in total. The Hall–Kier alpha value is -3.41. The van der Waals surface area contributed by atoms with Gasteiger partial charge in [0.25, 0.3) is 0 Å². The molecule has 0 bridgehead atoms. The van der Waals surface area contributed by atoms with E-state index in [-0.39, 0.29) is 38.0 Å². The van der Waals surface area contributed by atoms with E-state index in [4.69, 9.17) is 14.2 Å². The van der Waals surface area contributed by atoms with E-state index in [0.717, 1.165) is 103 Å². The average Bonchev–Trinajstić information content (AvgIpc) is 3.17. The molecule has 1 atom stereocenters. The number of unbranched alkanes of at least 4 members (excludes halogenated alkanes) is 13. The fraction of sp³-hybridized carbons (Fsp3) is 0.646. The van der Waals surface area contributed by atoms with Crippen molar-refractivity contribution in [1.82, 2.24) is 0 Å². The van der Waals surface area contributed by atoms with E-state index < -0.39 is 12.1 Å². The van der Waals surface area contributed by atoms with Crippen molar-refractivity contribution in [1.29, 1.82) is 0 Å². The summed E-state index contributed by atoms with van der Waals surface area (Å²) < 4.78 is 16.5. The zero-order valence-electron chi connectivity index (χ0n) is 34.7. The first-order valence-electron chi connectivity index (χ1n) is 21.6. The lowest BCUT2D eigenvalue weighted by molar-refractivity contribution is -0.166. The van der Waals surface area contributed by atoms with Crippen LogP contribution in [0.2, 0.25) is 0 Å². The van der Waals surface area contributed by atoms with Crippen LogP contribution in [0.1, 0.15) is 181 Å². The summed E-state index contributed by atoms with van der Waals surface area (Å²) in [4.78, 5) is 37.5. The van der Waals surface area contributed by atoms with Crippen molar-refractivity contribution in [2.45, 2.75) is 187 Å². The molecule has 0 rings (SSSR count). The number of esters is 3. The second kappa shape index (κ2) is 42.3. The summed E-state index contributed by atoms with van der Waals surface area (Å²) in [5.41, 5.74) is 0. The number of ether oxygens (including phenoxy) is 3. The Bertz CT molecular complexity index is 1090. The molecule has 6 heteroatoms. The molecule has 1 unspecified atom stereocenters. The molecule has 0 radical (unpaired) electrons. The van der Waals surface area contributed by atoms with Gasteiger partial charge in [-0.3, -0.25) is 14.4 Å². The SMILES string of the molecule is CC/C=C\C/C=C\C/C=C\CCCCCCC(=O)OCC(COC(=O)C/C=C\C/C=C\C/C=C\CC)OC(=O)CCCCC/C=C\CCCCCCCC. The second-order valence-electron chi connectivity index (χ2n) is 13.8. The quantitative estimate of drug-likeness (QED) is 0.0272. The van der Waals surface area contributed by atoms with Crippen LogP contribution >= 0.6 is 0 Å². The van der Waals surface area contributed by atoms with Gasteiger partial charge < -0.3 is 14.2 Å². The Kier molecular flexibility index (Phi) is 39.7. The Balaban J connectivity index is 4.51. The van der Waals surface area contributed by atoms with Crippen molar-refractivity contribution in [3.05, 3.63) is 85.1 Å². The third-order valence-electron chi connectivity index (χ3n) is 8.65. The topological polar surface area (TPSA) is 78.9 Å². The number of allylic oxidation sites excluding steroid dienone is 13. The van der Waals surface area contributed by atoms with E-state index in [2.05, 4.69) is 93.7 Å². The first-order valence-corrected chi connectivity index (χ1v) is 21.6. The molecular formula is C48H78O6. The van der Waals surface area contributed by atoms with Crippen molar-refractivity contribution in [2.24, 2.45) is 0 Å². The molecule has 54 heavy (non-hydrogen) atoms. The number of rotatable bonds is 37. The lowest BCUT2D eigenvalue weighted by Gasteiger charge is -2.18. The van der Waals surface area contributed by atoms with Crippen LogP contribution < -0.4 is 0 Å². The molecular weight excluding hydrogens is 673 g/mol. The van der Waals surface area contributed by atoms with Crippen molar-refractivity contribution in [2.75, 3.05) is 13.2 Å². The molecule has 306 valence electrons. The Morgan fingerprint density at radius 1 is 0.407 bits per heavy atom. The predicted molar refractivity (Wildman–Crippen MR) is 228 cm³/mol. The normalized spacial score (nSPS) is 12.9. The van der Waals surface area contributed by atoms with Gasteiger partial charge in [0.15, 0.2) is 6.10 Å². The van der Waals surface area contributed by atoms with Gasteiger partial charge in [-0.15, -0.1) is 0 Å². The molecule has 0 aliphatic rings. The number of carbonyl (C=O) groups is 3. The minimum absolute atomic E-state index is 0.123. The summed E-state index contributed by atoms with van der Waals surface area (Å²) in [6, 6.07) is 0. The molecule has 0 aromatic heterocycles. The maximum Gasteiger partial charge on any atom is 0.309 e. The van der Waals surface area contributed by atoms with Crippen molar-refractivity contribution < 1.29 is 28.6 Å². The zero-order chi connectivity index (χ0) is 39.4. The van der Waals surface area contributed by atoms with Crippen LogP contribution in [0.3, 0.4) is 0 Å². The van der Waals surface area contributed by atoms with Crippen molar-refractivity contribution in [3.8, 4) is 0 Å². The van der Waals surface area contributed by atoms with E-state index in [1.54, 1.807) is 6.08 Å². The van der Waals surface area contributed by atoms with E-state index in [1.165, 1.54) is 38.5 Å². The van der Waals surface area contributed by atoms with Gasteiger partial charge >= 0.3 is 17.9 Å². The highest BCUT2D eigenvalue weighted by Crippen LogP contribution is 2.11. The molecule has 6 nitrogen and oxygen atoms in total. The fourth-order valence-electron chi connectivity index (χ4n) is 5.45. The predicted octanol–water partition coefficient (Wildman–Crippen LogP) is 13.7. The van der Waals surface area contributed by atoms with Gasteiger partial charge in [0.2, 0.25) is 0 Å². The minimum atomic E-state index is -0.826. The van der Waals surface area contributed by atoms with Crippen LogP contribution in [0.25, 0.3) is 0 Å². The molecule has 0 heterocycles. The highest BCUT2D eigenvalue weighted by Gasteiger charge is 2.19. The summed E-state index contributed by atoms with van der Waals surface area (Å²) in [7, 11) is 0. The number of hydrogen-bond acceptors (Lipinski definition) is 6. The molecule has 0 spiro atoms. The largest absolute Gasteiger partial charge is 0.462 e. The van der Waals surface area contributed by atoms with Gasteiger partial charge in [-0.1, -0.05) is 157 Å². The first-order chi connectivity index (χ1) is 26.5. The van der Waals surface area contributed by atoms with Gasteiger partial charge in [-0.05, 0) is 89.9 Å². The van der Waals surface area contributed by atoms with Crippen molar-refractivity contribution >= 4 is 17.9 Å². The molecule has 0 amide bonds. The van der Waals surface area contributed by atoms with Crippen LogP contribution in [-0.2, 0) is 28.6 Å². The summed E-state index contributed by atoms with van der Waals surface area (Å²) in [5.74, 6) is -1.10. The van der Waals surface area contributed by atoms with Crippen LogP contribution in [0, 0.1) is 0 Å². The van der Waals surface area contributed by atoms with Gasteiger partial charge in [0.05, 0.1) is 6.42 Å². The highest BCUT2D eigenvalue weighted by molar-refractivity contribution is 5.72. The summed E-state index contributed by atoms with van der Waals surface area (Å²) in [5, 5.41) is 0. The number of carbonyl (C=O) groups excluding carboxylic acids is 3. The molecule has 0 saturated heterocycles. The van der Waals surface area contributed by atoms with Crippen molar-refractivity contribution in [3.63, 3.8) is 0 Å². The maximum absolute atomic E-state index is 12.7. The molecule has 0 saturated carbocycles. The summed E-state index contributed by atoms with van der Waals surface area (Å²) in [6.07, 6.45) is 53.2. The molecule has 0 aromatic rings. The third kappa shape index (κ3) is 39.8. The minimum Gasteiger partial charge on any atom is -0.462 e. The van der Waals surface area contributed by atoms with Crippen LogP contribution in [0.5, 0.6) is 0 Å². The highest BCUT2D eigenvalue weighted by atomic mass is 16.6. The van der Waals surface area contributed by atoms with Gasteiger partial charge in [-0.25, -0.2) is 0 Å². The van der Waals surface area contributed by atoms with Gasteiger partial charge in [-0.2, -0.15) is 0 Å². The standard InChI is InChI=1S/C48H78O6/c1-4-7-10-13-16-19-21-23-25-26-29-32-35-38-41-47(50)53-44-45(43-52-46(49)40-37-34-31-28-18-15-12-9-6-3)54-48(51)42-39-36-33-30-27-24-22-20-17-14-11-8-5-2/h7,9-10,12,16,18-19,23-25,27-28,34,37,45H,4-6,8,11,13-15,17,20-22,26,29-33,35-36,38-44H2,1-3H3/b10-7-,12-9-,19-16-,25-23-,27-24-,28-18-,37-34-. The number of hydrogen-bond donors (Lipinski definition) is 0. The van der Waals surface area contributed by atoms with E-state index in [1.807, 2.05) is 6.08 Å².